The van der Waals surface area contributed by atoms with E-state index in [1.165, 1.54) is 5.01 Å². The quantitative estimate of drug-likeness (QED) is 0.792. The molecule has 2 aromatic rings. The van der Waals surface area contributed by atoms with Gasteiger partial charge >= 0.3 is 6.09 Å². The average Bonchev–Trinajstić information content (AvgIpc) is 2.45. The summed E-state index contributed by atoms with van der Waals surface area (Å²) >= 11 is 5.09. The molecule has 0 spiro atoms. The van der Waals surface area contributed by atoms with Gasteiger partial charge in [-0.05, 0) is 38.5 Å². The van der Waals surface area contributed by atoms with Gasteiger partial charge in [-0.3, -0.25) is 4.68 Å². The zero-order chi connectivity index (χ0) is 16.2. The minimum Gasteiger partial charge on any atom is -0.442 e. The summed E-state index contributed by atoms with van der Waals surface area (Å²) in [7, 11) is 0. The maximum absolute atomic E-state index is 12.5. The molecule has 0 N–H and O–H groups in total. The second kappa shape index (κ2) is 6.75. The second-order valence-electron chi connectivity index (χ2n) is 5.94. The van der Waals surface area contributed by atoms with E-state index in [9.17, 15) is 4.79 Å². The Balaban J connectivity index is 2.29. The SMILES string of the molecule is CC(C)(C)OC(=O)N(Cc1ccccc1)n1ccc(=S)cc1. The van der Waals surface area contributed by atoms with Gasteiger partial charge in [-0.2, -0.15) is 0 Å². The fourth-order valence-electron chi connectivity index (χ4n) is 1.88. The van der Waals surface area contributed by atoms with Crippen molar-refractivity contribution >= 4 is 18.3 Å². The highest BCUT2D eigenvalue weighted by atomic mass is 32.1. The van der Waals surface area contributed by atoms with E-state index >= 15 is 0 Å². The van der Waals surface area contributed by atoms with Gasteiger partial charge < -0.3 is 4.74 Å². The first-order chi connectivity index (χ1) is 10.3. The van der Waals surface area contributed by atoms with Crippen molar-refractivity contribution in [3.63, 3.8) is 0 Å². The zero-order valence-electron chi connectivity index (χ0n) is 13.0. The van der Waals surface area contributed by atoms with E-state index in [0.717, 1.165) is 10.1 Å². The third kappa shape index (κ3) is 4.70. The van der Waals surface area contributed by atoms with Crippen LogP contribution in [0.25, 0.3) is 0 Å². The van der Waals surface area contributed by atoms with E-state index in [-0.39, 0.29) is 0 Å². The molecule has 0 unspecified atom stereocenters. The van der Waals surface area contributed by atoms with Crippen LogP contribution >= 0.6 is 12.2 Å². The normalized spacial score (nSPS) is 11.0. The van der Waals surface area contributed by atoms with Crippen LogP contribution in [0, 0.1) is 4.51 Å². The highest BCUT2D eigenvalue weighted by Crippen LogP contribution is 2.12. The molecule has 1 aromatic carbocycles. The largest absolute Gasteiger partial charge is 0.442 e. The van der Waals surface area contributed by atoms with Crippen molar-refractivity contribution in [2.24, 2.45) is 0 Å². The van der Waals surface area contributed by atoms with Gasteiger partial charge in [0.2, 0.25) is 0 Å². The monoisotopic (exact) mass is 316 g/mol. The number of ether oxygens (including phenoxy) is 1. The molecule has 0 aliphatic heterocycles. The fourth-order valence-corrected chi connectivity index (χ4v) is 2.00. The Hall–Kier alpha value is -2.14. The molecule has 22 heavy (non-hydrogen) atoms. The molecule has 0 bridgehead atoms. The molecule has 0 saturated carbocycles. The number of amides is 1. The van der Waals surface area contributed by atoms with Crippen molar-refractivity contribution in [1.29, 1.82) is 0 Å². The van der Waals surface area contributed by atoms with E-state index in [4.69, 9.17) is 17.0 Å². The number of nitrogens with zero attached hydrogens (tertiary/aromatic N) is 2. The molecule has 0 aliphatic rings. The standard InChI is InChI=1S/C17H20N2O2S/c1-17(2,3)21-16(20)19(13-14-7-5-4-6-8-14)18-11-9-15(22)10-12-18/h4-12H,13H2,1-3H3. The molecule has 1 heterocycles. The summed E-state index contributed by atoms with van der Waals surface area (Å²) in [5.41, 5.74) is 0.466. The Labute approximate surface area is 135 Å². The molecule has 2 rings (SSSR count). The lowest BCUT2D eigenvalue weighted by Crippen LogP contribution is -2.43. The minimum absolute atomic E-state index is 0.404. The molecule has 5 heteroatoms. The summed E-state index contributed by atoms with van der Waals surface area (Å²) in [5, 5.41) is 1.54. The van der Waals surface area contributed by atoms with Gasteiger partial charge in [-0.1, -0.05) is 42.5 Å². The van der Waals surface area contributed by atoms with E-state index in [2.05, 4.69) is 0 Å². The zero-order valence-corrected chi connectivity index (χ0v) is 13.8. The smallest absolute Gasteiger partial charge is 0.429 e. The van der Waals surface area contributed by atoms with Crippen molar-refractivity contribution < 1.29 is 9.53 Å². The highest BCUT2D eigenvalue weighted by molar-refractivity contribution is 7.71. The van der Waals surface area contributed by atoms with Crippen molar-refractivity contribution in [3.05, 3.63) is 64.9 Å². The summed E-state index contributed by atoms with van der Waals surface area (Å²) in [4.78, 5) is 12.5. The van der Waals surface area contributed by atoms with Crippen LogP contribution in [0.15, 0.2) is 54.9 Å². The highest BCUT2D eigenvalue weighted by Gasteiger charge is 2.23. The van der Waals surface area contributed by atoms with E-state index in [1.54, 1.807) is 29.2 Å². The lowest BCUT2D eigenvalue weighted by atomic mass is 10.2. The second-order valence-corrected chi connectivity index (χ2v) is 6.41. The minimum atomic E-state index is -0.551. The van der Waals surface area contributed by atoms with Crippen LogP contribution in [0.4, 0.5) is 4.79 Å². The Morgan fingerprint density at radius 3 is 2.27 bits per heavy atom. The number of carbonyl (C=O) groups excluding carboxylic acids is 1. The van der Waals surface area contributed by atoms with Crippen molar-refractivity contribution in [3.8, 4) is 0 Å². The molecule has 0 radical (unpaired) electrons. The number of rotatable bonds is 3. The Kier molecular flexibility index (Phi) is 4.98. The first-order valence-corrected chi connectivity index (χ1v) is 7.49. The molecular weight excluding hydrogens is 296 g/mol. The first kappa shape index (κ1) is 16.2. The van der Waals surface area contributed by atoms with E-state index < -0.39 is 11.7 Å². The predicted molar refractivity (Wildman–Crippen MR) is 89.9 cm³/mol. The number of carbonyl (C=O) groups is 1. The summed E-state index contributed by atoms with van der Waals surface area (Å²) in [5.74, 6) is 0. The molecule has 4 nitrogen and oxygen atoms in total. The summed E-state index contributed by atoms with van der Waals surface area (Å²) in [6, 6.07) is 13.3. The Bertz CT molecular complexity index is 669. The maximum Gasteiger partial charge on any atom is 0.429 e. The summed E-state index contributed by atoms with van der Waals surface area (Å²) < 4.78 is 7.91. The summed E-state index contributed by atoms with van der Waals surface area (Å²) in [6.07, 6.45) is 3.11. The average molecular weight is 316 g/mol. The van der Waals surface area contributed by atoms with Crippen LogP contribution in [0.5, 0.6) is 0 Å². The molecular formula is C17H20N2O2S. The van der Waals surface area contributed by atoms with Gasteiger partial charge in [0.25, 0.3) is 0 Å². The van der Waals surface area contributed by atoms with Crippen LogP contribution in [-0.4, -0.2) is 16.4 Å². The maximum atomic E-state index is 12.5. The number of hydrogen-bond acceptors (Lipinski definition) is 3. The number of pyridine rings is 1. The molecule has 0 fully saturated rings. The lowest BCUT2D eigenvalue weighted by molar-refractivity contribution is 0.0534. The van der Waals surface area contributed by atoms with Gasteiger partial charge in [-0.25, -0.2) is 9.80 Å². The van der Waals surface area contributed by atoms with Gasteiger partial charge in [0.1, 0.15) is 5.60 Å². The van der Waals surface area contributed by atoms with Crippen LogP contribution in [0.2, 0.25) is 0 Å². The van der Waals surface area contributed by atoms with Crippen LogP contribution in [0.1, 0.15) is 26.3 Å². The van der Waals surface area contributed by atoms with E-state index in [1.807, 2.05) is 51.1 Å². The van der Waals surface area contributed by atoms with Crippen molar-refractivity contribution in [2.45, 2.75) is 32.9 Å². The third-order valence-electron chi connectivity index (χ3n) is 2.84. The van der Waals surface area contributed by atoms with Gasteiger partial charge in [0.15, 0.2) is 0 Å². The molecule has 0 saturated heterocycles. The van der Waals surface area contributed by atoms with Crippen molar-refractivity contribution in [2.75, 3.05) is 5.01 Å². The molecule has 1 amide bonds. The van der Waals surface area contributed by atoms with Gasteiger partial charge in [-0.15, -0.1) is 0 Å². The molecule has 0 aliphatic carbocycles. The molecule has 1 aromatic heterocycles. The van der Waals surface area contributed by atoms with Crippen LogP contribution in [-0.2, 0) is 11.3 Å². The number of aromatic nitrogens is 1. The molecule has 116 valence electrons. The first-order valence-electron chi connectivity index (χ1n) is 7.08. The van der Waals surface area contributed by atoms with Gasteiger partial charge in [0.05, 0.1) is 6.54 Å². The van der Waals surface area contributed by atoms with E-state index in [0.29, 0.717) is 6.54 Å². The lowest BCUT2D eigenvalue weighted by Gasteiger charge is -2.28. The summed E-state index contributed by atoms with van der Waals surface area (Å²) in [6.45, 7) is 5.96. The number of hydrogen-bond donors (Lipinski definition) is 0. The Morgan fingerprint density at radius 1 is 1.14 bits per heavy atom. The van der Waals surface area contributed by atoms with Crippen molar-refractivity contribution in [1.82, 2.24) is 4.68 Å². The predicted octanol–water partition coefficient (Wildman–Crippen LogP) is 4.29. The van der Waals surface area contributed by atoms with Crippen LogP contribution < -0.4 is 5.01 Å². The van der Waals surface area contributed by atoms with Crippen LogP contribution in [0.3, 0.4) is 0 Å². The third-order valence-corrected chi connectivity index (χ3v) is 3.11. The van der Waals surface area contributed by atoms with Gasteiger partial charge in [0, 0.05) is 16.9 Å². The number of benzene rings is 1. The topological polar surface area (TPSA) is 34.5 Å². The Morgan fingerprint density at radius 2 is 1.73 bits per heavy atom. The fraction of sp³-hybridized carbons (Fsp3) is 0.294. The molecule has 0 atom stereocenters.